The molecule has 0 spiro atoms. The Labute approximate surface area is 101 Å². The van der Waals surface area contributed by atoms with Crippen LogP contribution in [0.2, 0.25) is 0 Å². The van der Waals surface area contributed by atoms with Crippen LogP contribution in [0.15, 0.2) is 33.6 Å². The van der Waals surface area contributed by atoms with Gasteiger partial charge in [-0.15, -0.1) is 11.8 Å². The minimum atomic E-state index is -0.0650. The van der Waals surface area contributed by atoms with Crippen molar-refractivity contribution in [3.8, 4) is 0 Å². The van der Waals surface area contributed by atoms with Crippen LogP contribution < -0.4 is 5.32 Å². The van der Waals surface area contributed by atoms with E-state index in [1.54, 1.807) is 0 Å². The summed E-state index contributed by atoms with van der Waals surface area (Å²) in [6, 6.07) is 7.75. The molecule has 0 atom stereocenters. The fraction of sp³-hybridized carbons (Fsp3) is 0.300. The molecule has 1 amide bonds. The maximum absolute atomic E-state index is 11.2. The van der Waals surface area contributed by atoms with E-state index in [9.17, 15) is 4.79 Å². The molecule has 0 radical (unpaired) electrons. The van der Waals surface area contributed by atoms with E-state index in [1.807, 2.05) is 24.3 Å². The smallest absolute Gasteiger partial charge is 0.230 e. The van der Waals surface area contributed by atoms with Gasteiger partial charge in [-0.1, -0.05) is 12.1 Å². The molecule has 5 heteroatoms. The van der Waals surface area contributed by atoms with Gasteiger partial charge in [-0.05, 0) is 28.1 Å². The topological polar surface area (TPSA) is 49.3 Å². The van der Waals surface area contributed by atoms with Crippen LogP contribution in [0.4, 0.5) is 0 Å². The fourth-order valence-electron chi connectivity index (χ4n) is 0.951. The SMILES string of the molecule is O=C(CSc1ccccc1Br)NCCO. The lowest BCUT2D eigenvalue weighted by molar-refractivity contribution is -0.118. The highest BCUT2D eigenvalue weighted by Crippen LogP contribution is 2.26. The Morgan fingerprint density at radius 3 is 2.87 bits per heavy atom. The first-order chi connectivity index (χ1) is 7.24. The van der Waals surface area contributed by atoms with Crippen molar-refractivity contribution in [1.29, 1.82) is 0 Å². The van der Waals surface area contributed by atoms with Gasteiger partial charge in [-0.25, -0.2) is 0 Å². The molecule has 0 aliphatic carbocycles. The third-order valence-corrected chi connectivity index (χ3v) is 3.66. The molecule has 1 rings (SSSR count). The van der Waals surface area contributed by atoms with Gasteiger partial charge in [-0.3, -0.25) is 4.79 Å². The number of carbonyl (C=O) groups is 1. The summed E-state index contributed by atoms with van der Waals surface area (Å²) >= 11 is 4.87. The van der Waals surface area contributed by atoms with Crippen LogP contribution in [0.25, 0.3) is 0 Å². The van der Waals surface area contributed by atoms with E-state index < -0.39 is 0 Å². The molecule has 0 aliphatic heterocycles. The van der Waals surface area contributed by atoms with Gasteiger partial charge in [0.25, 0.3) is 0 Å². The summed E-state index contributed by atoms with van der Waals surface area (Å²) in [5.41, 5.74) is 0. The van der Waals surface area contributed by atoms with Crippen molar-refractivity contribution in [2.45, 2.75) is 4.90 Å². The molecule has 15 heavy (non-hydrogen) atoms. The lowest BCUT2D eigenvalue weighted by Crippen LogP contribution is -2.27. The number of nitrogens with one attached hydrogen (secondary N) is 1. The second-order valence-electron chi connectivity index (χ2n) is 2.79. The molecular weight excluding hydrogens is 278 g/mol. The Kier molecular flexibility index (Phi) is 5.75. The quantitative estimate of drug-likeness (QED) is 0.811. The van der Waals surface area contributed by atoms with Crippen LogP contribution in [0.5, 0.6) is 0 Å². The summed E-state index contributed by atoms with van der Waals surface area (Å²) in [4.78, 5) is 12.3. The molecule has 0 bridgehead atoms. The molecule has 82 valence electrons. The lowest BCUT2D eigenvalue weighted by Gasteiger charge is -2.04. The molecule has 0 heterocycles. The van der Waals surface area contributed by atoms with E-state index in [0.29, 0.717) is 12.3 Å². The number of carbonyl (C=O) groups excluding carboxylic acids is 1. The highest BCUT2D eigenvalue weighted by Gasteiger charge is 2.03. The molecular formula is C10H12BrNO2S. The first-order valence-corrected chi connectivity index (χ1v) is 6.27. The second-order valence-corrected chi connectivity index (χ2v) is 4.66. The van der Waals surface area contributed by atoms with Crippen molar-refractivity contribution >= 4 is 33.6 Å². The molecule has 1 aromatic rings. The summed E-state index contributed by atoms with van der Waals surface area (Å²) in [7, 11) is 0. The van der Waals surface area contributed by atoms with Crippen LogP contribution in [0.3, 0.4) is 0 Å². The first-order valence-electron chi connectivity index (χ1n) is 4.49. The minimum absolute atomic E-state index is 0.0224. The number of benzene rings is 1. The van der Waals surface area contributed by atoms with Gasteiger partial charge in [0.1, 0.15) is 0 Å². The Morgan fingerprint density at radius 2 is 2.20 bits per heavy atom. The molecule has 1 aromatic carbocycles. The summed E-state index contributed by atoms with van der Waals surface area (Å²) in [5, 5.41) is 11.1. The Bertz CT molecular complexity index is 333. The molecule has 0 fully saturated rings. The van der Waals surface area contributed by atoms with Gasteiger partial charge >= 0.3 is 0 Å². The highest BCUT2D eigenvalue weighted by molar-refractivity contribution is 9.10. The fourth-order valence-corrected chi connectivity index (χ4v) is 2.35. The van der Waals surface area contributed by atoms with Crippen LogP contribution in [-0.2, 0) is 4.79 Å². The van der Waals surface area contributed by atoms with Gasteiger partial charge in [0, 0.05) is 15.9 Å². The van der Waals surface area contributed by atoms with Gasteiger partial charge in [-0.2, -0.15) is 0 Å². The van der Waals surface area contributed by atoms with E-state index in [4.69, 9.17) is 5.11 Å². The van der Waals surface area contributed by atoms with Gasteiger partial charge in [0.15, 0.2) is 0 Å². The van der Waals surface area contributed by atoms with Crippen molar-refractivity contribution in [3.63, 3.8) is 0 Å². The molecule has 3 nitrogen and oxygen atoms in total. The maximum Gasteiger partial charge on any atom is 0.230 e. The molecule has 0 saturated heterocycles. The molecule has 0 aromatic heterocycles. The van der Waals surface area contributed by atoms with Crippen molar-refractivity contribution < 1.29 is 9.90 Å². The van der Waals surface area contributed by atoms with Gasteiger partial charge in [0.05, 0.1) is 12.4 Å². The Morgan fingerprint density at radius 1 is 1.47 bits per heavy atom. The minimum Gasteiger partial charge on any atom is -0.395 e. The summed E-state index contributed by atoms with van der Waals surface area (Å²) in [6.45, 7) is 0.292. The van der Waals surface area contributed by atoms with Gasteiger partial charge < -0.3 is 10.4 Å². The normalized spacial score (nSPS) is 10.0. The van der Waals surface area contributed by atoms with Crippen LogP contribution in [-0.4, -0.2) is 29.9 Å². The van der Waals surface area contributed by atoms with Crippen molar-refractivity contribution in [3.05, 3.63) is 28.7 Å². The summed E-state index contributed by atoms with van der Waals surface area (Å²) in [5.74, 6) is 0.299. The zero-order valence-corrected chi connectivity index (χ0v) is 10.5. The van der Waals surface area contributed by atoms with E-state index in [1.165, 1.54) is 11.8 Å². The number of halogens is 1. The largest absolute Gasteiger partial charge is 0.395 e. The van der Waals surface area contributed by atoms with Crippen LogP contribution >= 0.6 is 27.7 Å². The zero-order valence-electron chi connectivity index (χ0n) is 8.07. The number of aliphatic hydroxyl groups is 1. The Balaban J connectivity index is 2.37. The second kappa shape index (κ2) is 6.87. The summed E-state index contributed by atoms with van der Waals surface area (Å²) < 4.78 is 0.991. The summed E-state index contributed by atoms with van der Waals surface area (Å²) in [6.07, 6.45) is 0. The van der Waals surface area contributed by atoms with E-state index in [2.05, 4.69) is 21.2 Å². The molecule has 0 aliphatic rings. The van der Waals surface area contributed by atoms with Crippen LogP contribution in [0.1, 0.15) is 0 Å². The average Bonchev–Trinajstić information content (AvgIpc) is 2.25. The number of rotatable bonds is 5. The van der Waals surface area contributed by atoms with E-state index in [0.717, 1.165) is 9.37 Å². The highest BCUT2D eigenvalue weighted by atomic mass is 79.9. The predicted octanol–water partition coefficient (Wildman–Crippen LogP) is 1.65. The molecule has 2 N–H and O–H groups in total. The van der Waals surface area contributed by atoms with Crippen molar-refractivity contribution in [1.82, 2.24) is 5.32 Å². The lowest BCUT2D eigenvalue weighted by atomic mass is 10.4. The number of thioether (sulfide) groups is 1. The number of aliphatic hydroxyl groups excluding tert-OH is 1. The first kappa shape index (κ1) is 12.5. The third kappa shape index (κ3) is 4.68. The van der Waals surface area contributed by atoms with E-state index >= 15 is 0 Å². The Hall–Kier alpha value is -0.520. The molecule has 0 unspecified atom stereocenters. The monoisotopic (exact) mass is 289 g/mol. The third-order valence-electron chi connectivity index (χ3n) is 1.63. The maximum atomic E-state index is 11.2. The van der Waals surface area contributed by atoms with E-state index in [-0.39, 0.29) is 12.5 Å². The standard InChI is InChI=1S/C10H12BrNO2S/c11-8-3-1-2-4-9(8)15-7-10(14)12-5-6-13/h1-4,13H,5-7H2,(H,12,14). The van der Waals surface area contributed by atoms with Crippen molar-refractivity contribution in [2.24, 2.45) is 0 Å². The average molecular weight is 290 g/mol. The van der Waals surface area contributed by atoms with Crippen LogP contribution in [0, 0.1) is 0 Å². The van der Waals surface area contributed by atoms with Gasteiger partial charge in [0.2, 0.25) is 5.91 Å². The number of hydrogen-bond donors (Lipinski definition) is 2. The van der Waals surface area contributed by atoms with Crippen molar-refractivity contribution in [2.75, 3.05) is 18.9 Å². The number of hydrogen-bond acceptors (Lipinski definition) is 3. The number of amides is 1. The molecule has 0 saturated carbocycles. The predicted molar refractivity (Wildman–Crippen MR) is 65.0 cm³/mol. The zero-order chi connectivity index (χ0) is 11.1.